The molecule has 1 rings (SSSR count). The fourth-order valence-electron chi connectivity index (χ4n) is 1.12. The van der Waals surface area contributed by atoms with Crippen molar-refractivity contribution in [2.75, 3.05) is 0 Å². The highest BCUT2D eigenvalue weighted by molar-refractivity contribution is 6.62. The molecule has 1 aromatic rings. The lowest BCUT2D eigenvalue weighted by atomic mass is 9.79. The molecule has 0 spiro atoms. The Morgan fingerprint density at radius 1 is 1.29 bits per heavy atom. The molecular weight excluding hydrogens is 202 g/mol. The summed E-state index contributed by atoms with van der Waals surface area (Å²) in [5.41, 5.74) is -0.116. The molecule has 0 fully saturated rings. The van der Waals surface area contributed by atoms with Crippen molar-refractivity contribution in [3.05, 3.63) is 28.8 Å². The first-order chi connectivity index (χ1) is 6.32. The lowest BCUT2D eigenvalue weighted by molar-refractivity contribution is 0.0786. The maximum absolute atomic E-state index is 9.66. The predicted octanol–water partition coefficient (Wildman–Crippen LogP) is 0.247. The lowest BCUT2D eigenvalue weighted by Gasteiger charge is -2.18. The van der Waals surface area contributed by atoms with Crippen LogP contribution in [0.25, 0.3) is 0 Å². The minimum Gasteiger partial charge on any atom is -0.423 e. The zero-order valence-electron chi connectivity index (χ0n) is 8.03. The largest absolute Gasteiger partial charge is 0.489 e. The maximum Gasteiger partial charge on any atom is 0.489 e. The van der Waals surface area contributed by atoms with E-state index in [0.717, 1.165) is 0 Å². The Bertz CT molecular complexity index is 333. The number of halogens is 1. The minimum atomic E-state index is -1.58. The summed E-state index contributed by atoms with van der Waals surface area (Å²) in [6.07, 6.45) is 0. The van der Waals surface area contributed by atoms with E-state index in [0.29, 0.717) is 5.56 Å². The van der Waals surface area contributed by atoms with Crippen molar-refractivity contribution in [3.63, 3.8) is 0 Å². The van der Waals surface area contributed by atoms with Gasteiger partial charge in [0.2, 0.25) is 0 Å². The van der Waals surface area contributed by atoms with E-state index in [4.69, 9.17) is 21.6 Å². The molecule has 0 aliphatic heterocycles. The van der Waals surface area contributed by atoms with Crippen LogP contribution in [0.2, 0.25) is 5.02 Å². The Balaban J connectivity index is 3.13. The van der Waals surface area contributed by atoms with Crippen LogP contribution in [-0.2, 0) is 5.60 Å². The molecule has 76 valence electrons. The van der Waals surface area contributed by atoms with Crippen LogP contribution < -0.4 is 5.46 Å². The highest BCUT2D eigenvalue weighted by Crippen LogP contribution is 2.21. The molecule has 0 saturated carbocycles. The van der Waals surface area contributed by atoms with E-state index in [-0.39, 0.29) is 10.5 Å². The molecule has 0 heterocycles. The number of rotatable bonds is 2. The minimum absolute atomic E-state index is 0.236. The SMILES string of the molecule is CC(C)(O)c1ccc(B(O)O)c(Cl)c1. The molecule has 0 aliphatic rings. The molecular formula is C9H12BClO3. The molecule has 0 aromatic heterocycles. The molecule has 0 aliphatic carbocycles. The van der Waals surface area contributed by atoms with Gasteiger partial charge in [0.1, 0.15) is 0 Å². The lowest BCUT2D eigenvalue weighted by Crippen LogP contribution is -2.31. The first-order valence-electron chi connectivity index (χ1n) is 4.21. The van der Waals surface area contributed by atoms with E-state index in [1.807, 2.05) is 0 Å². The third-order valence-electron chi connectivity index (χ3n) is 1.99. The average Bonchev–Trinajstić information content (AvgIpc) is 2.01. The van der Waals surface area contributed by atoms with Crippen molar-refractivity contribution in [3.8, 4) is 0 Å². The van der Waals surface area contributed by atoms with Gasteiger partial charge < -0.3 is 15.2 Å². The third kappa shape index (κ3) is 2.48. The van der Waals surface area contributed by atoms with Gasteiger partial charge in [0, 0.05) is 10.5 Å². The monoisotopic (exact) mass is 214 g/mol. The molecule has 0 atom stereocenters. The number of aliphatic hydroxyl groups is 1. The smallest absolute Gasteiger partial charge is 0.423 e. The number of hydrogen-bond acceptors (Lipinski definition) is 3. The first-order valence-corrected chi connectivity index (χ1v) is 4.58. The van der Waals surface area contributed by atoms with Gasteiger partial charge in [-0.05, 0) is 25.5 Å². The van der Waals surface area contributed by atoms with E-state index in [1.165, 1.54) is 12.1 Å². The van der Waals surface area contributed by atoms with Gasteiger partial charge in [0.15, 0.2) is 0 Å². The first kappa shape index (κ1) is 11.5. The summed E-state index contributed by atoms with van der Waals surface area (Å²) in [7, 11) is -1.58. The second-order valence-electron chi connectivity index (χ2n) is 3.67. The van der Waals surface area contributed by atoms with E-state index >= 15 is 0 Å². The molecule has 0 bridgehead atoms. The maximum atomic E-state index is 9.66. The Kier molecular flexibility index (Phi) is 3.22. The quantitative estimate of drug-likeness (QED) is 0.619. The van der Waals surface area contributed by atoms with Crippen LogP contribution in [0.1, 0.15) is 19.4 Å². The van der Waals surface area contributed by atoms with Crippen molar-refractivity contribution < 1.29 is 15.2 Å². The topological polar surface area (TPSA) is 60.7 Å². The Hall–Kier alpha value is -0.545. The summed E-state index contributed by atoms with van der Waals surface area (Å²) in [6, 6.07) is 4.62. The van der Waals surface area contributed by atoms with Crippen molar-refractivity contribution in [2.45, 2.75) is 19.4 Å². The molecule has 3 nitrogen and oxygen atoms in total. The fraction of sp³-hybridized carbons (Fsp3) is 0.333. The van der Waals surface area contributed by atoms with E-state index in [2.05, 4.69) is 0 Å². The number of benzene rings is 1. The molecule has 0 amide bonds. The standard InChI is InChI=1S/C9H12BClO3/c1-9(2,12)6-3-4-7(10(13)14)8(11)5-6/h3-5,12-14H,1-2H3. The third-order valence-corrected chi connectivity index (χ3v) is 2.31. The average molecular weight is 214 g/mol. The van der Waals surface area contributed by atoms with Crippen LogP contribution >= 0.6 is 11.6 Å². The van der Waals surface area contributed by atoms with Crippen LogP contribution in [-0.4, -0.2) is 22.3 Å². The fourth-order valence-corrected chi connectivity index (χ4v) is 1.40. The summed E-state index contributed by atoms with van der Waals surface area (Å²) in [5.74, 6) is 0. The van der Waals surface area contributed by atoms with Gasteiger partial charge in [-0.2, -0.15) is 0 Å². The zero-order chi connectivity index (χ0) is 10.9. The van der Waals surface area contributed by atoms with Gasteiger partial charge in [-0.15, -0.1) is 0 Å². The summed E-state index contributed by atoms with van der Waals surface area (Å²) < 4.78 is 0. The van der Waals surface area contributed by atoms with Crippen molar-refractivity contribution >= 4 is 24.2 Å². The van der Waals surface area contributed by atoms with Gasteiger partial charge in [0.05, 0.1) is 5.60 Å². The Morgan fingerprint density at radius 3 is 2.21 bits per heavy atom. The van der Waals surface area contributed by atoms with E-state index in [9.17, 15) is 5.11 Å². The van der Waals surface area contributed by atoms with Crippen molar-refractivity contribution in [1.82, 2.24) is 0 Å². The van der Waals surface area contributed by atoms with Crippen LogP contribution in [0.15, 0.2) is 18.2 Å². The molecule has 1 aromatic carbocycles. The van der Waals surface area contributed by atoms with Gasteiger partial charge in [-0.3, -0.25) is 0 Å². The highest BCUT2D eigenvalue weighted by Gasteiger charge is 2.20. The van der Waals surface area contributed by atoms with Crippen LogP contribution in [0, 0.1) is 0 Å². The molecule has 3 N–H and O–H groups in total. The van der Waals surface area contributed by atoms with Gasteiger partial charge in [0.25, 0.3) is 0 Å². The van der Waals surface area contributed by atoms with Gasteiger partial charge in [-0.1, -0.05) is 23.7 Å². The van der Waals surface area contributed by atoms with Crippen molar-refractivity contribution in [1.29, 1.82) is 0 Å². The van der Waals surface area contributed by atoms with Crippen LogP contribution in [0.5, 0.6) is 0 Å². The van der Waals surface area contributed by atoms with Crippen LogP contribution in [0.4, 0.5) is 0 Å². The van der Waals surface area contributed by atoms with E-state index in [1.54, 1.807) is 19.9 Å². The molecule has 0 unspecified atom stereocenters. The second kappa shape index (κ2) is 3.91. The molecule has 0 radical (unpaired) electrons. The molecule has 0 saturated heterocycles. The normalized spacial score (nSPS) is 11.6. The summed E-state index contributed by atoms with van der Waals surface area (Å²) in [4.78, 5) is 0. The number of hydrogen-bond donors (Lipinski definition) is 3. The second-order valence-corrected chi connectivity index (χ2v) is 4.08. The Labute approximate surface area is 88.1 Å². The summed E-state index contributed by atoms with van der Waals surface area (Å²) in [5, 5.41) is 27.7. The van der Waals surface area contributed by atoms with Crippen molar-refractivity contribution in [2.24, 2.45) is 0 Å². The van der Waals surface area contributed by atoms with Gasteiger partial charge >= 0.3 is 7.12 Å². The summed E-state index contributed by atoms with van der Waals surface area (Å²) in [6.45, 7) is 3.27. The van der Waals surface area contributed by atoms with Gasteiger partial charge in [-0.25, -0.2) is 0 Å². The zero-order valence-corrected chi connectivity index (χ0v) is 8.78. The molecule has 14 heavy (non-hydrogen) atoms. The van der Waals surface area contributed by atoms with Crippen LogP contribution in [0.3, 0.4) is 0 Å². The highest BCUT2D eigenvalue weighted by atomic mass is 35.5. The molecule has 5 heteroatoms. The Morgan fingerprint density at radius 2 is 1.86 bits per heavy atom. The van der Waals surface area contributed by atoms with E-state index < -0.39 is 12.7 Å². The predicted molar refractivity (Wildman–Crippen MR) is 56.5 cm³/mol. The summed E-state index contributed by atoms with van der Waals surface area (Å²) >= 11 is 5.80.